The summed E-state index contributed by atoms with van der Waals surface area (Å²) in [4.78, 5) is 32.5. The van der Waals surface area contributed by atoms with E-state index in [9.17, 15) is 9.59 Å². The Balaban J connectivity index is 1.57. The number of anilines is 1. The normalized spacial score (nSPS) is 12.9. The molecule has 7 heteroatoms. The Morgan fingerprint density at radius 1 is 1.17 bits per heavy atom. The molecule has 2 aromatic rings. The molecule has 1 aromatic heterocycles. The topological polar surface area (TPSA) is 62.3 Å². The van der Waals surface area contributed by atoms with Gasteiger partial charge in [-0.25, -0.2) is 4.98 Å². The Morgan fingerprint density at radius 2 is 2.00 bits per heavy atom. The zero-order valence-electron chi connectivity index (χ0n) is 16.7. The zero-order chi connectivity index (χ0) is 20.5. The van der Waals surface area contributed by atoms with Gasteiger partial charge in [0.25, 0.3) is 5.91 Å². The highest BCUT2D eigenvalue weighted by molar-refractivity contribution is 7.99. The van der Waals surface area contributed by atoms with Crippen LogP contribution in [0.4, 0.5) is 5.69 Å². The first-order chi connectivity index (χ1) is 14.2. The summed E-state index contributed by atoms with van der Waals surface area (Å²) in [6.07, 6.45) is 5.43. The van der Waals surface area contributed by atoms with Crippen molar-refractivity contribution in [1.82, 2.24) is 10.3 Å². The second kappa shape index (κ2) is 11.3. The second-order valence-electron chi connectivity index (χ2n) is 6.80. The Bertz CT molecular complexity index is 844. The number of nitrogens with one attached hydrogen (secondary N) is 1. The van der Waals surface area contributed by atoms with E-state index >= 15 is 0 Å². The highest BCUT2D eigenvalue weighted by atomic mass is 32.2. The van der Waals surface area contributed by atoms with E-state index in [0.29, 0.717) is 23.7 Å². The van der Waals surface area contributed by atoms with Crippen molar-refractivity contribution in [2.45, 2.75) is 42.5 Å². The van der Waals surface area contributed by atoms with Gasteiger partial charge in [0.2, 0.25) is 5.91 Å². The highest BCUT2D eigenvalue weighted by Gasteiger charge is 2.27. The number of fused-ring (bicyclic) bond motifs is 2. The quantitative estimate of drug-likeness (QED) is 0.558. The van der Waals surface area contributed by atoms with Crippen molar-refractivity contribution < 1.29 is 9.59 Å². The molecular formula is C22H27N3O2S2. The van der Waals surface area contributed by atoms with Crippen molar-refractivity contribution >= 4 is 41.0 Å². The van der Waals surface area contributed by atoms with Gasteiger partial charge >= 0.3 is 0 Å². The van der Waals surface area contributed by atoms with Crippen LogP contribution in [0.5, 0.6) is 0 Å². The largest absolute Gasteiger partial charge is 0.356 e. The molecular weight excluding hydrogens is 402 g/mol. The van der Waals surface area contributed by atoms with Crippen molar-refractivity contribution in [3.05, 3.63) is 48.2 Å². The molecule has 0 unspecified atom stereocenters. The number of nitrogens with zero attached hydrogens (tertiary/aromatic N) is 2. The Labute approximate surface area is 181 Å². The van der Waals surface area contributed by atoms with Crippen molar-refractivity contribution in [1.29, 1.82) is 0 Å². The number of pyridine rings is 1. The minimum atomic E-state index is -0.106. The maximum absolute atomic E-state index is 13.1. The third-order valence-electron chi connectivity index (χ3n) is 4.60. The van der Waals surface area contributed by atoms with E-state index in [1.165, 1.54) is 30.4 Å². The molecule has 0 radical (unpaired) electrons. The maximum atomic E-state index is 13.1. The molecule has 1 N–H and O–H groups in total. The van der Waals surface area contributed by atoms with E-state index in [1.54, 1.807) is 23.2 Å². The molecule has 0 saturated carbocycles. The standard InChI is InChI=1S/C22H27N3O2S2/c1-2-3-15-28-16-7-13-23-20(26)11-14-25-18-9-4-5-10-19(18)29-21-17(22(25)27)8-6-12-24-21/h4-6,8-10,12H,2-3,7,11,13-16H2,1H3,(H,23,26). The molecule has 1 aliphatic heterocycles. The molecule has 1 aromatic carbocycles. The first-order valence-corrected chi connectivity index (χ1v) is 12.1. The predicted octanol–water partition coefficient (Wildman–Crippen LogP) is 4.62. The number of thioether (sulfide) groups is 1. The van der Waals surface area contributed by atoms with Crippen LogP contribution in [0.25, 0.3) is 0 Å². The lowest BCUT2D eigenvalue weighted by Gasteiger charge is -2.22. The SMILES string of the molecule is CCCCSCCCNC(=O)CCN1C(=O)c2cccnc2Sc2ccccc21. The molecule has 154 valence electrons. The minimum Gasteiger partial charge on any atom is -0.356 e. The number of aromatic nitrogens is 1. The molecule has 5 nitrogen and oxygen atoms in total. The van der Waals surface area contributed by atoms with E-state index in [2.05, 4.69) is 17.2 Å². The van der Waals surface area contributed by atoms with Crippen LogP contribution in [0.15, 0.2) is 52.5 Å². The lowest BCUT2D eigenvalue weighted by Crippen LogP contribution is -2.35. The smallest absolute Gasteiger partial charge is 0.261 e. The molecule has 2 amide bonds. The third kappa shape index (κ3) is 6.00. The van der Waals surface area contributed by atoms with Crippen LogP contribution in [0, 0.1) is 0 Å². The molecule has 2 heterocycles. The van der Waals surface area contributed by atoms with Gasteiger partial charge < -0.3 is 10.2 Å². The highest BCUT2D eigenvalue weighted by Crippen LogP contribution is 2.39. The van der Waals surface area contributed by atoms with Crippen LogP contribution < -0.4 is 10.2 Å². The molecule has 0 saturated heterocycles. The van der Waals surface area contributed by atoms with Crippen LogP contribution >= 0.6 is 23.5 Å². The molecule has 0 spiro atoms. The van der Waals surface area contributed by atoms with Gasteiger partial charge in [-0.05, 0) is 48.6 Å². The first kappa shape index (κ1) is 21.7. The van der Waals surface area contributed by atoms with Crippen LogP contribution in [0.1, 0.15) is 43.0 Å². The average molecular weight is 430 g/mol. The van der Waals surface area contributed by atoms with E-state index < -0.39 is 0 Å². The summed E-state index contributed by atoms with van der Waals surface area (Å²) in [7, 11) is 0. The molecule has 1 aliphatic rings. The van der Waals surface area contributed by atoms with Gasteiger partial charge in [-0.2, -0.15) is 11.8 Å². The summed E-state index contributed by atoms with van der Waals surface area (Å²) in [5.41, 5.74) is 1.42. The molecule has 0 fully saturated rings. The predicted molar refractivity (Wildman–Crippen MR) is 121 cm³/mol. The Hall–Kier alpha value is -1.99. The number of unbranched alkanes of at least 4 members (excludes halogenated alkanes) is 1. The molecule has 0 bridgehead atoms. The van der Waals surface area contributed by atoms with E-state index in [1.807, 2.05) is 36.0 Å². The van der Waals surface area contributed by atoms with E-state index in [0.717, 1.165) is 22.8 Å². The van der Waals surface area contributed by atoms with Crippen molar-refractivity contribution in [3.63, 3.8) is 0 Å². The van der Waals surface area contributed by atoms with E-state index in [-0.39, 0.29) is 18.2 Å². The summed E-state index contributed by atoms with van der Waals surface area (Å²) in [5, 5.41) is 3.68. The Morgan fingerprint density at radius 3 is 2.86 bits per heavy atom. The first-order valence-electron chi connectivity index (χ1n) is 10.1. The summed E-state index contributed by atoms with van der Waals surface area (Å²) in [6.45, 7) is 3.23. The molecule has 29 heavy (non-hydrogen) atoms. The van der Waals surface area contributed by atoms with Gasteiger partial charge in [0.05, 0.1) is 11.3 Å². The average Bonchev–Trinajstić information content (AvgIpc) is 2.86. The Kier molecular flexibility index (Phi) is 8.43. The van der Waals surface area contributed by atoms with Crippen LogP contribution in [-0.2, 0) is 4.79 Å². The van der Waals surface area contributed by atoms with Crippen molar-refractivity contribution in [2.24, 2.45) is 0 Å². The molecule has 3 rings (SSSR count). The maximum Gasteiger partial charge on any atom is 0.261 e. The fraction of sp³-hybridized carbons (Fsp3) is 0.409. The number of amides is 2. The van der Waals surface area contributed by atoms with Crippen molar-refractivity contribution in [2.75, 3.05) is 29.5 Å². The van der Waals surface area contributed by atoms with Gasteiger partial charge in [-0.15, -0.1) is 0 Å². The number of carbonyl (C=O) groups is 2. The number of hydrogen-bond acceptors (Lipinski definition) is 5. The fourth-order valence-electron chi connectivity index (χ4n) is 3.03. The molecule has 0 aliphatic carbocycles. The summed E-state index contributed by atoms with van der Waals surface area (Å²) < 4.78 is 0. The second-order valence-corrected chi connectivity index (χ2v) is 9.06. The van der Waals surface area contributed by atoms with Gasteiger partial charge in [0.15, 0.2) is 0 Å². The zero-order valence-corrected chi connectivity index (χ0v) is 18.4. The number of hydrogen-bond donors (Lipinski definition) is 1. The summed E-state index contributed by atoms with van der Waals surface area (Å²) in [5.74, 6) is 2.14. The van der Waals surface area contributed by atoms with Crippen LogP contribution in [0.3, 0.4) is 0 Å². The van der Waals surface area contributed by atoms with Crippen LogP contribution in [-0.4, -0.2) is 41.4 Å². The van der Waals surface area contributed by atoms with Gasteiger partial charge in [-0.3, -0.25) is 9.59 Å². The minimum absolute atomic E-state index is 0.0165. The number of carbonyl (C=O) groups excluding carboxylic acids is 2. The lowest BCUT2D eigenvalue weighted by atomic mass is 10.2. The van der Waals surface area contributed by atoms with Gasteiger partial charge in [0, 0.05) is 30.6 Å². The number of rotatable bonds is 10. The fourth-order valence-corrected chi connectivity index (χ4v) is 5.10. The lowest BCUT2D eigenvalue weighted by molar-refractivity contribution is -0.120. The third-order valence-corrected chi connectivity index (χ3v) is 6.84. The molecule has 0 atom stereocenters. The number of para-hydroxylation sites is 1. The monoisotopic (exact) mass is 429 g/mol. The van der Waals surface area contributed by atoms with Gasteiger partial charge in [0.1, 0.15) is 5.03 Å². The van der Waals surface area contributed by atoms with Crippen LogP contribution in [0.2, 0.25) is 0 Å². The van der Waals surface area contributed by atoms with Gasteiger partial charge in [-0.1, -0.05) is 37.2 Å². The van der Waals surface area contributed by atoms with Crippen molar-refractivity contribution in [3.8, 4) is 0 Å². The van der Waals surface area contributed by atoms with E-state index in [4.69, 9.17) is 0 Å². The summed E-state index contributed by atoms with van der Waals surface area (Å²) in [6, 6.07) is 11.4. The number of benzene rings is 1. The summed E-state index contributed by atoms with van der Waals surface area (Å²) >= 11 is 3.43.